The molecule has 2 N–H and O–H groups in total. The summed E-state index contributed by atoms with van der Waals surface area (Å²) in [5, 5.41) is 5.65. The van der Waals surface area contributed by atoms with E-state index in [1.54, 1.807) is 36.4 Å². The van der Waals surface area contributed by atoms with E-state index in [-0.39, 0.29) is 23.6 Å². The minimum atomic E-state index is -0.331. The molecule has 0 aromatic heterocycles. The zero-order chi connectivity index (χ0) is 18.6. The SMILES string of the molecule is CC(=O)c1ccc(C(=O)Nc2c(C)cccc2C(=O)NC(C)C)cc1. The number of carbonyl (C=O) groups is 3. The molecular weight excluding hydrogens is 316 g/mol. The van der Waals surface area contributed by atoms with Crippen molar-refractivity contribution in [1.29, 1.82) is 0 Å². The van der Waals surface area contributed by atoms with Crippen molar-refractivity contribution in [2.75, 3.05) is 5.32 Å². The van der Waals surface area contributed by atoms with Gasteiger partial charge in [0.1, 0.15) is 0 Å². The summed E-state index contributed by atoms with van der Waals surface area (Å²) in [5.74, 6) is -0.623. The number of para-hydroxylation sites is 1. The average molecular weight is 338 g/mol. The van der Waals surface area contributed by atoms with E-state index in [1.165, 1.54) is 6.92 Å². The molecule has 0 aliphatic rings. The molecule has 0 saturated heterocycles. The van der Waals surface area contributed by atoms with E-state index in [0.29, 0.717) is 22.4 Å². The first-order valence-electron chi connectivity index (χ1n) is 8.12. The monoisotopic (exact) mass is 338 g/mol. The van der Waals surface area contributed by atoms with E-state index in [2.05, 4.69) is 10.6 Å². The summed E-state index contributed by atoms with van der Waals surface area (Å²) in [6.07, 6.45) is 0. The molecule has 2 rings (SSSR count). The second kappa shape index (κ2) is 7.75. The Morgan fingerprint density at radius 1 is 0.880 bits per heavy atom. The van der Waals surface area contributed by atoms with Gasteiger partial charge in [0.15, 0.2) is 5.78 Å². The lowest BCUT2D eigenvalue weighted by Gasteiger charge is -2.15. The molecule has 2 aromatic carbocycles. The van der Waals surface area contributed by atoms with Crippen LogP contribution in [-0.4, -0.2) is 23.6 Å². The first-order chi connectivity index (χ1) is 11.8. The fraction of sp³-hybridized carbons (Fsp3) is 0.250. The number of Topliss-reactive ketones (excluding diaryl/α,β-unsaturated/α-hetero) is 1. The summed E-state index contributed by atoms with van der Waals surface area (Å²) in [7, 11) is 0. The first kappa shape index (κ1) is 18.4. The molecule has 2 amide bonds. The van der Waals surface area contributed by atoms with E-state index in [0.717, 1.165) is 5.56 Å². The Morgan fingerprint density at radius 3 is 2.04 bits per heavy atom. The van der Waals surface area contributed by atoms with E-state index in [1.807, 2.05) is 26.8 Å². The van der Waals surface area contributed by atoms with Gasteiger partial charge in [-0.15, -0.1) is 0 Å². The van der Waals surface area contributed by atoms with Crippen molar-refractivity contribution in [3.05, 3.63) is 64.7 Å². The third-order valence-corrected chi connectivity index (χ3v) is 3.73. The molecule has 130 valence electrons. The molecule has 0 saturated carbocycles. The maximum absolute atomic E-state index is 12.5. The average Bonchev–Trinajstić information content (AvgIpc) is 2.56. The molecule has 0 aliphatic heterocycles. The Balaban J connectivity index is 2.28. The number of ketones is 1. The summed E-state index contributed by atoms with van der Waals surface area (Å²) in [6.45, 7) is 7.06. The number of carbonyl (C=O) groups excluding carboxylic acids is 3. The van der Waals surface area contributed by atoms with Crippen LogP contribution >= 0.6 is 0 Å². The number of anilines is 1. The van der Waals surface area contributed by atoms with Crippen molar-refractivity contribution in [3.63, 3.8) is 0 Å². The lowest BCUT2D eigenvalue weighted by Crippen LogP contribution is -2.31. The summed E-state index contributed by atoms with van der Waals surface area (Å²) < 4.78 is 0. The van der Waals surface area contributed by atoms with Crippen molar-refractivity contribution >= 4 is 23.3 Å². The van der Waals surface area contributed by atoms with Gasteiger partial charge in [0, 0.05) is 17.2 Å². The van der Waals surface area contributed by atoms with Crippen LogP contribution in [0.15, 0.2) is 42.5 Å². The highest BCUT2D eigenvalue weighted by atomic mass is 16.2. The summed E-state index contributed by atoms with van der Waals surface area (Å²) in [4.78, 5) is 36.2. The van der Waals surface area contributed by atoms with E-state index < -0.39 is 0 Å². The summed E-state index contributed by atoms with van der Waals surface area (Å²) >= 11 is 0. The molecule has 0 heterocycles. The molecule has 5 nitrogen and oxygen atoms in total. The van der Waals surface area contributed by atoms with Crippen LogP contribution in [0.4, 0.5) is 5.69 Å². The predicted octanol–water partition coefficient (Wildman–Crippen LogP) is 3.59. The van der Waals surface area contributed by atoms with Gasteiger partial charge >= 0.3 is 0 Å². The van der Waals surface area contributed by atoms with Crippen LogP contribution in [0, 0.1) is 6.92 Å². The standard InChI is InChI=1S/C20H22N2O3/c1-12(2)21-20(25)17-7-5-6-13(3)18(17)22-19(24)16-10-8-15(9-11-16)14(4)23/h5-12H,1-4H3,(H,21,25)(H,22,24). The number of aryl methyl sites for hydroxylation is 1. The predicted molar refractivity (Wildman–Crippen MR) is 98.2 cm³/mol. The van der Waals surface area contributed by atoms with Crippen LogP contribution in [0.1, 0.15) is 57.4 Å². The molecule has 0 aliphatic carbocycles. The third kappa shape index (κ3) is 4.53. The highest BCUT2D eigenvalue weighted by Gasteiger charge is 2.17. The fourth-order valence-corrected chi connectivity index (χ4v) is 2.40. The second-order valence-corrected chi connectivity index (χ2v) is 6.21. The van der Waals surface area contributed by atoms with Gasteiger partial charge in [-0.25, -0.2) is 0 Å². The lowest BCUT2D eigenvalue weighted by atomic mass is 10.1. The van der Waals surface area contributed by atoms with E-state index >= 15 is 0 Å². The summed E-state index contributed by atoms with van der Waals surface area (Å²) in [6, 6.07) is 11.7. The summed E-state index contributed by atoms with van der Waals surface area (Å²) in [5.41, 5.74) is 2.67. The van der Waals surface area contributed by atoms with Crippen molar-refractivity contribution in [2.45, 2.75) is 33.7 Å². The normalized spacial score (nSPS) is 10.4. The number of rotatable bonds is 5. The minimum absolute atomic E-state index is 0.00399. The maximum Gasteiger partial charge on any atom is 0.255 e. The molecule has 5 heteroatoms. The van der Waals surface area contributed by atoms with E-state index in [9.17, 15) is 14.4 Å². The van der Waals surface area contributed by atoms with Crippen molar-refractivity contribution in [1.82, 2.24) is 5.32 Å². The maximum atomic E-state index is 12.5. The molecule has 0 radical (unpaired) electrons. The van der Waals surface area contributed by atoms with Crippen LogP contribution in [0.5, 0.6) is 0 Å². The Kier molecular flexibility index (Phi) is 5.70. The Bertz CT molecular complexity index is 808. The van der Waals surface area contributed by atoms with Gasteiger partial charge in [0.05, 0.1) is 11.3 Å². The quantitative estimate of drug-likeness (QED) is 0.818. The van der Waals surface area contributed by atoms with Crippen molar-refractivity contribution in [3.8, 4) is 0 Å². The van der Waals surface area contributed by atoms with Crippen LogP contribution in [0.3, 0.4) is 0 Å². The van der Waals surface area contributed by atoms with Gasteiger partial charge in [-0.05, 0) is 51.5 Å². The largest absolute Gasteiger partial charge is 0.350 e. The topological polar surface area (TPSA) is 75.3 Å². The number of hydrogen-bond donors (Lipinski definition) is 2. The van der Waals surface area contributed by atoms with Crippen LogP contribution in [0.2, 0.25) is 0 Å². The number of benzene rings is 2. The number of hydrogen-bond acceptors (Lipinski definition) is 3. The van der Waals surface area contributed by atoms with Crippen LogP contribution in [-0.2, 0) is 0 Å². The minimum Gasteiger partial charge on any atom is -0.350 e. The molecule has 25 heavy (non-hydrogen) atoms. The molecule has 0 spiro atoms. The zero-order valence-corrected chi connectivity index (χ0v) is 14.8. The van der Waals surface area contributed by atoms with Gasteiger partial charge in [0.2, 0.25) is 0 Å². The zero-order valence-electron chi connectivity index (χ0n) is 14.8. The Morgan fingerprint density at radius 2 is 1.48 bits per heavy atom. The smallest absolute Gasteiger partial charge is 0.255 e. The van der Waals surface area contributed by atoms with E-state index in [4.69, 9.17) is 0 Å². The fourth-order valence-electron chi connectivity index (χ4n) is 2.40. The first-order valence-corrected chi connectivity index (χ1v) is 8.12. The molecule has 0 bridgehead atoms. The van der Waals surface area contributed by atoms with Crippen molar-refractivity contribution in [2.24, 2.45) is 0 Å². The third-order valence-electron chi connectivity index (χ3n) is 3.73. The van der Waals surface area contributed by atoms with Crippen molar-refractivity contribution < 1.29 is 14.4 Å². The highest BCUT2D eigenvalue weighted by molar-refractivity contribution is 6.10. The number of nitrogens with one attached hydrogen (secondary N) is 2. The molecule has 0 atom stereocenters. The molecular formula is C20H22N2O3. The van der Waals surface area contributed by atoms with Crippen LogP contribution < -0.4 is 10.6 Å². The molecule has 2 aromatic rings. The molecule has 0 fully saturated rings. The lowest BCUT2D eigenvalue weighted by molar-refractivity contribution is 0.0943. The van der Waals surface area contributed by atoms with Gasteiger partial charge in [-0.3, -0.25) is 14.4 Å². The molecule has 0 unspecified atom stereocenters. The van der Waals surface area contributed by atoms with Gasteiger partial charge in [0.25, 0.3) is 11.8 Å². The second-order valence-electron chi connectivity index (χ2n) is 6.21. The van der Waals surface area contributed by atoms with Gasteiger partial charge in [-0.1, -0.05) is 24.3 Å². The number of amides is 2. The van der Waals surface area contributed by atoms with Crippen LogP contribution in [0.25, 0.3) is 0 Å². The Hall–Kier alpha value is -2.95. The van der Waals surface area contributed by atoms with Gasteiger partial charge < -0.3 is 10.6 Å². The highest BCUT2D eigenvalue weighted by Crippen LogP contribution is 2.22. The van der Waals surface area contributed by atoms with Gasteiger partial charge in [-0.2, -0.15) is 0 Å². The Labute approximate surface area is 147 Å².